The molecule has 8 heteroatoms. The van der Waals surface area contributed by atoms with E-state index in [0.717, 1.165) is 28.2 Å². The number of benzene rings is 2. The zero-order valence-electron chi connectivity index (χ0n) is 14.9. The first-order chi connectivity index (χ1) is 13.7. The van der Waals surface area contributed by atoms with E-state index >= 15 is 0 Å². The minimum Gasteiger partial charge on any atom is -0.348 e. The predicted molar refractivity (Wildman–Crippen MR) is 120 cm³/mol. The topological polar surface area (TPSA) is 59.8 Å². The van der Waals surface area contributed by atoms with Crippen molar-refractivity contribution < 1.29 is 4.79 Å². The Kier molecular flexibility index (Phi) is 7.71. The molecule has 3 rings (SSSR count). The van der Waals surface area contributed by atoms with Gasteiger partial charge in [0.15, 0.2) is 0 Å². The summed E-state index contributed by atoms with van der Waals surface area (Å²) >= 11 is 11.0. The van der Waals surface area contributed by atoms with Gasteiger partial charge >= 0.3 is 0 Å². The summed E-state index contributed by atoms with van der Waals surface area (Å²) in [7, 11) is 0. The third-order valence-corrected chi connectivity index (χ3v) is 5.63. The van der Waals surface area contributed by atoms with Gasteiger partial charge in [0.05, 0.1) is 0 Å². The third-order valence-electron chi connectivity index (χ3n) is 3.74. The van der Waals surface area contributed by atoms with Crippen LogP contribution in [0.25, 0.3) is 5.70 Å². The predicted octanol–water partition coefficient (Wildman–Crippen LogP) is 5.57. The van der Waals surface area contributed by atoms with Crippen molar-refractivity contribution in [3.8, 4) is 0 Å². The summed E-state index contributed by atoms with van der Waals surface area (Å²) in [6, 6.07) is 16.6. The first-order valence-electron chi connectivity index (χ1n) is 8.59. The number of carbonyl (C=O) groups is 1. The van der Waals surface area contributed by atoms with Gasteiger partial charge in [0.2, 0.25) is 5.78 Å². The molecular formula is C20H18BrClN4OS. The van der Waals surface area contributed by atoms with E-state index in [9.17, 15) is 4.79 Å². The van der Waals surface area contributed by atoms with Crippen molar-refractivity contribution in [1.82, 2.24) is 14.8 Å². The van der Waals surface area contributed by atoms with E-state index in [4.69, 9.17) is 11.6 Å². The molecule has 144 valence electrons. The lowest BCUT2D eigenvalue weighted by Gasteiger charge is -2.16. The van der Waals surface area contributed by atoms with Gasteiger partial charge in [-0.25, -0.2) is 9.67 Å². The van der Waals surface area contributed by atoms with Crippen LogP contribution >= 0.6 is 39.3 Å². The number of Topliss-reactive ketones (excluding diaryl/α,β-unsaturated/α-hetero) is 1. The highest BCUT2D eigenvalue weighted by Crippen LogP contribution is 2.28. The van der Waals surface area contributed by atoms with Crippen LogP contribution in [0.1, 0.15) is 16.8 Å². The maximum atomic E-state index is 13.4. The van der Waals surface area contributed by atoms with E-state index in [-0.39, 0.29) is 5.78 Å². The third kappa shape index (κ3) is 5.47. The summed E-state index contributed by atoms with van der Waals surface area (Å²) < 4.78 is 1.50. The van der Waals surface area contributed by atoms with E-state index in [2.05, 4.69) is 31.3 Å². The molecule has 0 unspecified atom stereocenters. The number of nitrogens with one attached hydrogen (secondary N) is 1. The SMILES string of the molecule is O=C(/C(=C(\Nc1ccccc1)SCCCBr)n1cncn1)c1ccc(Cl)cc1. The van der Waals surface area contributed by atoms with Gasteiger partial charge in [0.1, 0.15) is 23.4 Å². The van der Waals surface area contributed by atoms with Gasteiger partial charge in [-0.05, 0) is 42.8 Å². The van der Waals surface area contributed by atoms with E-state index < -0.39 is 0 Å². The Morgan fingerprint density at radius 3 is 2.54 bits per heavy atom. The molecule has 0 aliphatic carbocycles. The fourth-order valence-corrected chi connectivity index (χ4v) is 4.20. The smallest absolute Gasteiger partial charge is 0.214 e. The number of aromatic nitrogens is 3. The van der Waals surface area contributed by atoms with Gasteiger partial charge in [-0.1, -0.05) is 45.7 Å². The number of hydrogen-bond donors (Lipinski definition) is 1. The Balaban J connectivity index is 2.06. The van der Waals surface area contributed by atoms with Crippen LogP contribution in [0.4, 0.5) is 5.69 Å². The summed E-state index contributed by atoms with van der Waals surface area (Å²) in [6.45, 7) is 0. The molecule has 2 aromatic carbocycles. The molecule has 28 heavy (non-hydrogen) atoms. The molecular weight excluding hydrogens is 460 g/mol. The molecule has 1 heterocycles. The number of thioether (sulfide) groups is 1. The zero-order chi connectivity index (χ0) is 19.8. The van der Waals surface area contributed by atoms with E-state index in [1.54, 1.807) is 36.0 Å². The first kappa shape index (κ1) is 20.6. The molecule has 0 amide bonds. The largest absolute Gasteiger partial charge is 0.348 e. The van der Waals surface area contributed by atoms with Crippen LogP contribution in [-0.2, 0) is 0 Å². The minimum atomic E-state index is -0.160. The Hall–Kier alpha value is -2.09. The molecule has 0 bridgehead atoms. The van der Waals surface area contributed by atoms with Crippen molar-refractivity contribution in [2.45, 2.75) is 6.42 Å². The highest BCUT2D eigenvalue weighted by atomic mass is 79.9. The Morgan fingerprint density at radius 1 is 1.14 bits per heavy atom. The Labute approximate surface area is 181 Å². The summed E-state index contributed by atoms with van der Waals surface area (Å²) in [5, 5.41) is 9.78. The van der Waals surface area contributed by atoms with Crippen molar-refractivity contribution in [2.24, 2.45) is 0 Å². The maximum Gasteiger partial charge on any atom is 0.214 e. The van der Waals surface area contributed by atoms with Crippen LogP contribution < -0.4 is 5.32 Å². The zero-order valence-corrected chi connectivity index (χ0v) is 18.0. The fraction of sp³-hybridized carbons (Fsp3) is 0.150. The average molecular weight is 478 g/mol. The Bertz CT molecular complexity index is 931. The number of anilines is 1. The molecule has 3 aromatic rings. The number of nitrogens with zero attached hydrogens (tertiary/aromatic N) is 3. The van der Waals surface area contributed by atoms with Crippen LogP contribution in [0.15, 0.2) is 72.3 Å². The summed E-state index contributed by atoms with van der Waals surface area (Å²) in [5.41, 5.74) is 1.84. The fourth-order valence-electron chi connectivity index (χ4n) is 2.42. The van der Waals surface area contributed by atoms with Crippen molar-refractivity contribution >= 4 is 56.5 Å². The second-order valence-corrected chi connectivity index (χ2v) is 8.07. The van der Waals surface area contributed by atoms with Gasteiger partial charge in [0.25, 0.3) is 0 Å². The van der Waals surface area contributed by atoms with Crippen molar-refractivity contribution in [3.05, 3.63) is 82.9 Å². The molecule has 0 radical (unpaired) electrons. The van der Waals surface area contributed by atoms with Crippen LogP contribution in [0.5, 0.6) is 0 Å². The van der Waals surface area contributed by atoms with Crippen molar-refractivity contribution in [2.75, 3.05) is 16.4 Å². The molecule has 0 aliphatic rings. The molecule has 0 saturated heterocycles. The van der Waals surface area contributed by atoms with E-state index in [1.807, 2.05) is 30.3 Å². The van der Waals surface area contributed by atoms with Crippen LogP contribution in [0.2, 0.25) is 5.02 Å². The number of allylic oxidation sites excluding steroid dienone is 1. The van der Waals surface area contributed by atoms with Crippen molar-refractivity contribution in [1.29, 1.82) is 0 Å². The van der Waals surface area contributed by atoms with Gasteiger partial charge in [0, 0.05) is 27.4 Å². The lowest BCUT2D eigenvalue weighted by molar-refractivity contribution is 0.104. The van der Waals surface area contributed by atoms with Crippen LogP contribution in [0.3, 0.4) is 0 Å². The number of rotatable bonds is 9. The normalized spacial score (nSPS) is 11.8. The number of halogens is 2. The summed E-state index contributed by atoms with van der Waals surface area (Å²) in [5.74, 6) is 0.680. The van der Waals surface area contributed by atoms with Crippen LogP contribution in [0, 0.1) is 0 Å². The highest BCUT2D eigenvalue weighted by molar-refractivity contribution is 9.09. The molecule has 1 N–H and O–H groups in total. The number of para-hydroxylation sites is 1. The van der Waals surface area contributed by atoms with E-state index in [1.165, 1.54) is 17.3 Å². The number of carbonyl (C=O) groups excluding carboxylic acids is 1. The van der Waals surface area contributed by atoms with Crippen molar-refractivity contribution in [3.63, 3.8) is 0 Å². The highest BCUT2D eigenvalue weighted by Gasteiger charge is 2.21. The number of hydrogen-bond acceptors (Lipinski definition) is 5. The first-order valence-corrected chi connectivity index (χ1v) is 11.1. The molecule has 0 spiro atoms. The maximum absolute atomic E-state index is 13.4. The molecule has 1 aromatic heterocycles. The number of alkyl halides is 1. The second-order valence-electron chi connectivity index (χ2n) is 5.74. The molecule has 5 nitrogen and oxygen atoms in total. The Morgan fingerprint density at radius 2 is 1.89 bits per heavy atom. The van der Waals surface area contributed by atoms with Gasteiger partial charge in [-0.2, -0.15) is 5.10 Å². The van der Waals surface area contributed by atoms with Gasteiger partial charge in [-0.15, -0.1) is 11.8 Å². The summed E-state index contributed by atoms with van der Waals surface area (Å²) in [6.07, 6.45) is 3.91. The quantitative estimate of drug-likeness (QED) is 0.189. The van der Waals surface area contributed by atoms with Gasteiger partial charge in [-0.3, -0.25) is 4.79 Å². The molecule has 0 aliphatic heterocycles. The lowest BCUT2D eigenvalue weighted by Crippen LogP contribution is -2.15. The monoisotopic (exact) mass is 476 g/mol. The molecule has 0 saturated carbocycles. The average Bonchev–Trinajstić information content (AvgIpc) is 3.24. The lowest BCUT2D eigenvalue weighted by atomic mass is 10.1. The van der Waals surface area contributed by atoms with Crippen LogP contribution in [-0.4, -0.2) is 31.6 Å². The minimum absolute atomic E-state index is 0.160. The standard InChI is InChI=1S/C20H18BrClN4OS/c21-11-4-12-28-20(25-17-5-2-1-3-6-17)18(26-14-23-13-24-26)19(27)15-7-9-16(22)10-8-15/h1-3,5-10,13-14,25H,4,11-12H2/b20-18-. The summed E-state index contributed by atoms with van der Waals surface area (Å²) in [4.78, 5) is 17.4. The second kappa shape index (κ2) is 10.5. The van der Waals surface area contributed by atoms with Gasteiger partial charge < -0.3 is 5.32 Å². The molecule has 0 fully saturated rings. The number of ketones is 1. The van der Waals surface area contributed by atoms with E-state index in [0.29, 0.717) is 16.3 Å². The molecule has 0 atom stereocenters.